The number of hydrogen-bond donors (Lipinski definition) is 0. The highest BCUT2D eigenvalue weighted by Gasteiger charge is 2.48. The fraction of sp³-hybridized carbons (Fsp3) is 0.471. The molecule has 0 aromatic heterocycles. The monoisotopic (exact) mass is 807 g/mol. The SMILES string of the molecule is CCOP(OCC)(OCC)=C(C(=O)OCc1ccc([N+](=O)[O-])cc1)N1C(=O)CC1CC(=O)SC1CN=C(COC)N(C(=O)OCc2ccc([N+](=O)[O-])cc2)C1. The number of aliphatic imine (C=N–C) groups is 1. The predicted molar refractivity (Wildman–Crippen MR) is 200 cm³/mol. The van der Waals surface area contributed by atoms with Crippen LogP contribution in [-0.4, -0.2) is 112 Å². The molecule has 298 valence electrons. The minimum Gasteiger partial charge on any atom is -0.456 e. The van der Waals surface area contributed by atoms with Gasteiger partial charge in [-0.2, -0.15) is 0 Å². The molecule has 1 fully saturated rings. The number of nitro groups is 2. The van der Waals surface area contributed by atoms with Crippen molar-refractivity contribution in [2.24, 2.45) is 4.99 Å². The highest BCUT2D eigenvalue weighted by atomic mass is 32.2. The largest absolute Gasteiger partial charge is 0.456 e. The van der Waals surface area contributed by atoms with E-state index in [1.807, 2.05) is 0 Å². The topological polar surface area (TPSA) is 229 Å². The third kappa shape index (κ3) is 11.2. The molecule has 0 bridgehead atoms. The normalized spacial score (nSPS) is 16.9. The zero-order valence-corrected chi connectivity index (χ0v) is 32.4. The van der Waals surface area contributed by atoms with Crippen LogP contribution >= 0.6 is 19.3 Å². The number of non-ortho nitro benzene ring substituents is 2. The molecule has 2 amide bonds. The number of hydrogen-bond acceptors (Lipinski definition) is 16. The molecule has 0 radical (unpaired) electrons. The van der Waals surface area contributed by atoms with Gasteiger partial charge in [0.25, 0.3) is 18.9 Å². The average molecular weight is 808 g/mol. The predicted octanol–water partition coefficient (Wildman–Crippen LogP) is 4.86. The number of carbonyl (C=O) groups is 4. The Morgan fingerprint density at radius 1 is 0.855 bits per heavy atom. The molecular formula is C34H42N5O14PS. The summed E-state index contributed by atoms with van der Waals surface area (Å²) in [5.41, 5.74) is 0.422. The van der Waals surface area contributed by atoms with Crippen LogP contribution in [0.3, 0.4) is 0 Å². The van der Waals surface area contributed by atoms with Crippen LogP contribution in [0.1, 0.15) is 44.7 Å². The van der Waals surface area contributed by atoms with Crippen LogP contribution in [0.2, 0.25) is 0 Å². The van der Waals surface area contributed by atoms with Gasteiger partial charge in [-0.25, -0.2) is 9.59 Å². The average Bonchev–Trinajstić information content (AvgIpc) is 3.16. The van der Waals surface area contributed by atoms with Gasteiger partial charge < -0.3 is 27.8 Å². The van der Waals surface area contributed by atoms with Gasteiger partial charge in [-0.05, 0) is 56.2 Å². The van der Waals surface area contributed by atoms with Crippen LogP contribution < -0.4 is 0 Å². The van der Waals surface area contributed by atoms with Crippen LogP contribution in [0.25, 0.3) is 0 Å². The quantitative estimate of drug-likeness (QED) is 0.0607. The first-order chi connectivity index (χ1) is 26.4. The Bertz CT molecular complexity index is 1800. The van der Waals surface area contributed by atoms with E-state index in [2.05, 4.69) is 4.99 Å². The lowest BCUT2D eigenvalue weighted by Gasteiger charge is -2.43. The van der Waals surface area contributed by atoms with Gasteiger partial charge in [0.2, 0.25) is 11.3 Å². The van der Waals surface area contributed by atoms with Gasteiger partial charge >= 0.3 is 12.1 Å². The molecule has 2 unspecified atom stereocenters. The Hall–Kier alpha value is -4.72. The summed E-state index contributed by atoms with van der Waals surface area (Å²) in [4.78, 5) is 81.7. The number of rotatable bonds is 19. The Morgan fingerprint density at radius 2 is 1.38 bits per heavy atom. The summed E-state index contributed by atoms with van der Waals surface area (Å²) in [5.74, 6) is -1.16. The van der Waals surface area contributed by atoms with Crippen molar-refractivity contribution in [3.8, 4) is 0 Å². The van der Waals surface area contributed by atoms with Crippen molar-refractivity contribution >= 4 is 65.0 Å². The molecule has 55 heavy (non-hydrogen) atoms. The Morgan fingerprint density at radius 3 is 1.85 bits per heavy atom. The number of β-lactam (4-membered cyclic amide) rings is 1. The van der Waals surface area contributed by atoms with Crippen molar-refractivity contribution in [3.05, 3.63) is 79.9 Å². The second kappa shape index (κ2) is 20.3. The number of carbonyl (C=O) groups excluding carboxylic acids is 4. The van der Waals surface area contributed by atoms with E-state index in [1.165, 1.54) is 60.5 Å². The highest BCUT2D eigenvalue weighted by Crippen LogP contribution is 2.54. The number of nitro benzene ring substituents is 2. The van der Waals surface area contributed by atoms with E-state index < -0.39 is 46.7 Å². The molecule has 0 N–H and O–H groups in total. The second-order valence-corrected chi connectivity index (χ2v) is 15.3. The molecule has 2 heterocycles. The first-order valence-corrected chi connectivity index (χ1v) is 19.6. The molecule has 2 aliphatic rings. The summed E-state index contributed by atoms with van der Waals surface area (Å²) in [6.07, 6.45) is -1.01. The van der Waals surface area contributed by atoms with Crippen molar-refractivity contribution in [1.82, 2.24) is 9.80 Å². The fourth-order valence-corrected chi connectivity index (χ4v) is 9.01. The van der Waals surface area contributed by atoms with Gasteiger partial charge in [-0.1, -0.05) is 11.8 Å². The van der Waals surface area contributed by atoms with Crippen LogP contribution in [0, 0.1) is 20.2 Å². The maximum absolute atomic E-state index is 13.9. The number of ether oxygens (including phenoxy) is 3. The second-order valence-electron chi connectivity index (χ2n) is 11.8. The lowest BCUT2D eigenvalue weighted by Crippen LogP contribution is -2.59. The number of benzene rings is 2. The molecule has 2 aromatic carbocycles. The Kier molecular flexibility index (Phi) is 15.9. The van der Waals surface area contributed by atoms with E-state index in [9.17, 15) is 39.4 Å². The van der Waals surface area contributed by atoms with E-state index in [0.29, 0.717) is 17.0 Å². The number of esters is 1. The third-order valence-corrected chi connectivity index (χ3v) is 11.8. The molecule has 1 saturated heterocycles. The smallest absolute Gasteiger partial charge is 0.415 e. The van der Waals surface area contributed by atoms with Crippen molar-refractivity contribution in [2.75, 3.05) is 46.6 Å². The lowest BCUT2D eigenvalue weighted by molar-refractivity contribution is -0.385. The van der Waals surface area contributed by atoms with Crippen molar-refractivity contribution in [3.63, 3.8) is 0 Å². The molecule has 21 heteroatoms. The molecular weight excluding hydrogens is 765 g/mol. The van der Waals surface area contributed by atoms with Crippen LogP contribution in [0.15, 0.2) is 53.5 Å². The van der Waals surface area contributed by atoms with E-state index in [0.717, 1.165) is 16.7 Å². The highest BCUT2D eigenvalue weighted by molar-refractivity contribution is 8.14. The van der Waals surface area contributed by atoms with E-state index in [-0.39, 0.29) is 87.5 Å². The number of amides is 2. The first-order valence-electron chi connectivity index (χ1n) is 17.2. The zero-order valence-electron chi connectivity index (χ0n) is 30.7. The minimum atomic E-state index is -3.73. The van der Waals surface area contributed by atoms with Gasteiger partial charge in [0.1, 0.15) is 25.7 Å². The van der Waals surface area contributed by atoms with Gasteiger partial charge in [-0.15, -0.1) is 0 Å². The van der Waals surface area contributed by atoms with Crippen molar-refractivity contribution in [2.45, 2.75) is 58.1 Å². The Labute approximate surface area is 320 Å². The van der Waals surface area contributed by atoms with Gasteiger partial charge in [-0.3, -0.25) is 44.6 Å². The summed E-state index contributed by atoms with van der Waals surface area (Å²) in [6, 6.07) is 10.2. The van der Waals surface area contributed by atoms with E-state index >= 15 is 0 Å². The van der Waals surface area contributed by atoms with E-state index in [1.54, 1.807) is 20.8 Å². The summed E-state index contributed by atoms with van der Waals surface area (Å²) in [7, 11) is -2.29. The lowest BCUT2D eigenvalue weighted by atomic mass is 9.99. The fourth-order valence-electron chi connectivity index (χ4n) is 5.54. The molecule has 2 aliphatic heterocycles. The maximum Gasteiger partial charge on any atom is 0.415 e. The number of nitrogens with zero attached hydrogens (tertiary/aromatic N) is 5. The molecule has 0 spiro atoms. The third-order valence-electron chi connectivity index (χ3n) is 8.01. The van der Waals surface area contributed by atoms with Gasteiger partial charge in [0.05, 0.1) is 47.5 Å². The van der Waals surface area contributed by atoms with Crippen molar-refractivity contribution in [1.29, 1.82) is 0 Å². The number of likely N-dealkylation sites (tertiary alicyclic amines) is 1. The van der Waals surface area contributed by atoms with Crippen LogP contribution in [-0.2, 0) is 55.4 Å². The summed E-state index contributed by atoms with van der Waals surface area (Å²) < 4.78 is 34.1. The van der Waals surface area contributed by atoms with Crippen molar-refractivity contribution < 1.29 is 56.8 Å². The first kappa shape index (κ1) is 43.0. The summed E-state index contributed by atoms with van der Waals surface area (Å²) in [5, 5.41) is 21.2. The number of thioether (sulfide) groups is 1. The Balaban J connectivity index is 1.49. The number of methoxy groups -OCH3 is 1. The molecule has 4 rings (SSSR count). The molecule has 2 atom stereocenters. The molecule has 19 nitrogen and oxygen atoms in total. The summed E-state index contributed by atoms with van der Waals surface area (Å²) >= 11 is 0.934. The van der Waals surface area contributed by atoms with Gasteiger partial charge in [0, 0.05) is 50.8 Å². The van der Waals surface area contributed by atoms with Gasteiger partial charge in [0.15, 0.2) is 5.12 Å². The molecule has 0 aliphatic carbocycles. The zero-order chi connectivity index (χ0) is 40.1. The van der Waals surface area contributed by atoms with Crippen LogP contribution in [0.4, 0.5) is 16.2 Å². The molecule has 2 aromatic rings. The van der Waals surface area contributed by atoms with E-state index in [4.69, 9.17) is 27.8 Å². The molecule has 0 saturated carbocycles. The minimum absolute atomic E-state index is 0.000366. The number of amidine groups is 1. The maximum atomic E-state index is 13.9. The standard InChI is InChI=1S/C34H42N5O14PS/c1-5-51-54(52-6-2,53-7-3)32(33(42)49-20-23-8-12-25(13-9-23)38(44)45)37-27(16-30(37)40)17-31(41)55-28-18-35-29(22-48-4)36(19-28)34(43)50-21-24-10-14-26(15-11-24)39(46)47/h8-15,27-28H,5-7,16-22H2,1-4H3. The summed E-state index contributed by atoms with van der Waals surface area (Å²) in [6.45, 7) is 4.91. The van der Waals surface area contributed by atoms with Crippen LogP contribution in [0.5, 0.6) is 0 Å².